The SMILES string of the molecule is Cc1ccc(CNC(=O)c2ccc(C=C3SC(=O)NC3=O)cc2)cc1. The van der Waals surface area contributed by atoms with Crippen LogP contribution in [0.25, 0.3) is 6.08 Å². The lowest BCUT2D eigenvalue weighted by atomic mass is 10.1. The summed E-state index contributed by atoms with van der Waals surface area (Å²) in [5, 5.41) is 4.71. The van der Waals surface area contributed by atoms with Gasteiger partial charge in [-0.2, -0.15) is 0 Å². The van der Waals surface area contributed by atoms with E-state index < -0.39 is 5.91 Å². The third-order valence-electron chi connectivity index (χ3n) is 3.69. The van der Waals surface area contributed by atoms with Gasteiger partial charge in [-0.1, -0.05) is 42.0 Å². The first-order valence-electron chi connectivity index (χ1n) is 7.70. The zero-order valence-corrected chi connectivity index (χ0v) is 14.4. The van der Waals surface area contributed by atoms with Crippen LogP contribution in [0.15, 0.2) is 53.4 Å². The Labute approximate surface area is 149 Å². The zero-order valence-electron chi connectivity index (χ0n) is 13.5. The fourth-order valence-corrected chi connectivity index (χ4v) is 2.98. The van der Waals surface area contributed by atoms with Gasteiger partial charge in [0.2, 0.25) is 0 Å². The first-order valence-corrected chi connectivity index (χ1v) is 8.51. The van der Waals surface area contributed by atoms with Crippen LogP contribution in [0.4, 0.5) is 4.79 Å². The van der Waals surface area contributed by atoms with Gasteiger partial charge in [-0.15, -0.1) is 0 Å². The van der Waals surface area contributed by atoms with Crippen LogP contribution in [-0.4, -0.2) is 17.1 Å². The minimum atomic E-state index is -0.394. The van der Waals surface area contributed by atoms with Crippen LogP contribution in [-0.2, 0) is 11.3 Å². The van der Waals surface area contributed by atoms with Gasteiger partial charge >= 0.3 is 0 Å². The Balaban J connectivity index is 1.62. The van der Waals surface area contributed by atoms with E-state index in [0.717, 1.165) is 22.9 Å². The van der Waals surface area contributed by atoms with Gasteiger partial charge in [-0.25, -0.2) is 0 Å². The molecule has 1 aliphatic heterocycles. The fraction of sp³-hybridized carbons (Fsp3) is 0.105. The second-order valence-electron chi connectivity index (χ2n) is 5.64. The number of imide groups is 1. The Morgan fingerprint density at radius 2 is 1.76 bits per heavy atom. The molecule has 5 nitrogen and oxygen atoms in total. The summed E-state index contributed by atoms with van der Waals surface area (Å²) in [6.07, 6.45) is 1.62. The second-order valence-corrected chi connectivity index (χ2v) is 6.66. The fourth-order valence-electron chi connectivity index (χ4n) is 2.29. The number of carbonyl (C=O) groups excluding carboxylic acids is 3. The molecular weight excluding hydrogens is 336 g/mol. The Bertz CT molecular complexity index is 855. The maximum Gasteiger partial charge on any atom is 0.290 e. The van der Waals surface area contributed by atoms with Crippen molar-refractivity contribution in [2.45, 2.75) is 13.5 Å². The average molecular weight is 352 g/mol. The van der Waals surface area contributed by atoms with E-state index in [-0.39, 0.29) is 11.1 Å². The Morgan fingerprint density at radius 3 is 2.36 bits per heavy atom. The summed E-state index contributed by atoms with van der Waals surface area (Å²) < 4.78 is 0. The molecule has 3 rings (SSSR count). The van der Waals surface area contributed by atoms with Crippen LogP contribution in [0.1, 0.15) is 27.0 Å². The molecule has 0 spiro atoms. The first-order chi connectivity index (χ1) is 12.0. The second kappa shape index (κ2) is 7.36. The highest BCUT2D eigenvalue weighted by Crippen LogP contribution is 2.25. The van der Waals surface area contributed by atoms with Gasteiger partial charge in [0.25, 0.3) is 17.1 Å². The van der Waals surface area contributed by atoms with E-state index in [1.54, 1.807) is 30.3 Å². The van der Waals surface area contributed by atoms with Gasteiger partial charge in [0.1, 0.15) is 0 Å². The highest BCUT2D eigenvalue weighted by Gasteiger charge is 2.24. The molecule has 3 amide bonds. The lowest BCUT2D eigenvalue weighted by Crippen LogP contribution is -2.22. The van der Waals surface area contributed by atoms with Crippen molar-refractivity contribution < 1.29 is 14.4 Å². The Morgan fingerprint density at radius 1 is 1.08 bits per heavy atom. The Kier molecular flexibility index (Phi) is 5.00. The van der Waals surface area contributed by atoms with Gasteiger partial charge in [0, 0.05) is 12.1 Å². The predicted octanol–water partition coefficient (Wildman–Crippen LogP) is 3.25. The van der Waals surface area contributed by atoms with E-state index in [9.17, 15) is 14.4 Å². The van der Waals surface area contributed by atoms with Gasteiger partial charge < -0.3 is 5.32 Å². The van der Waals surface area contributed by atoms with Crippen LogP contribution in [0, 0.1) is 6.92 Å². The topological polar surface area (TPSA) is 75.3 Å². The number of amides is 3. The molecule has 126 valence electrons. The molecule has 2 aromatic carbocycles. The molecule has 0 saturated carbocycles. The molecule has 2 aromatic rings. The minimum Gasteiger partial charge on any atom is -0.348 e. The number of hydrogen-bond donors (Lipinski definition) is 2. The molecule has 1 aliphatic rings. The maximum absolute atomic E-state index is 12.2. The van der Waals surface area contributed by atoms with Crippen molar-refractivity contribution in [1.82, 2.24) is 10.6 Å². The smallest absolute Gasteiger partial charge is 0.290 e. The van der Waals surface area contributed by atoms with E-state index in [2.05, 4.69) is 10.6 Å². The van der Waals surface area contributed by atoms with Gasteiger partial charge in [0.15, 0.2) is 0 Å². The highest BCUT2D eigenvalue weighted by atomic mass is 32.2. The van der Waals surface area contributed by atoms with Crippen LogP contribution in [0.2, 0.25) is 0 Å². The number of carbonyl (C=O) groups is 3. The third kappa shape index (κ3) is 4.36. The van der Waals surface area contributed by atoms with Gasteiger partial charge in [0.05, 0.1) is 4.91 Å². The maximum atomic E-state index is 12.2. The molecule has 0 unspecified atom stereocenters. The molecule has 0 aromatic heterocycles. The zero-order chi connectivity index (χ0) is 17.8. The van der Waals surface area contributed by atoms with Gasteiger partial charge in [-0.05, 0) is 48.0 Å². The molecule has 1 saturated heterocycles. The Hall–Kier alpha value is -2.86. The van der Waals surface area contributed by atoms with Crippen molar-refractivity contribution >= 4 is 34.9 Å². The summed E-state index contributed by atoms with van der Waals surface area (Å²) >= 11 is 0.868. The molecule has 1 heterocycles. The van der Waals surface area contributed by atoms with Crippen molar-refractivity contribution in [2.24, 2.45) is 0 Å². The van der Waals surface area contributed by atoms with Crippen LogP contribution >= 0.6 is 11.8 Å². The highest BCUT2D eigenvalue weighted by molar-refractivity contribution is 8.18. The quantitative estimate of drug-likeness (QED) is 0.828. The molecule has 0 radical (unpaired) electrons. The summed E-state index contributed by atoms with van der Waals surface area (Å²) in [5.74, 6) is -0.558. The molecule has 0 bridgehead atoms. The lowest BCUT2D eigenvalue weighted by Gasteiger charge is -2.06. The van der Waals surface area contributed by atoms with Crippen molar-refractivity contribution in [3.8, 4) is 0 Å². The molecule has 2 N–H and O–H groups in total. The first kappa shape index (κ1) is 17.0. The summed E-state index contributed by atoms with van der Waals surface area (Å²) in [7, 11) is 0. The average Bonchev–Trinajstić information content (AvgIpc) is 2.92. The molecule has 25 heavy (non-hydrogen) atoms. The third-order valence-corrected chi connectivity index (χ3v) is 4.50. The summed E-state index contributed by atoms with van der Waals surface area (Å²) in [6, 6.07) is 14.8. The normalized spacial score (nSPS) is 15.3. The summed E-state index contributed by atoms with van der Waals surface area (Å²) in [6.45, 7) is 2.48. The van der Waals surface area contributed by atoms with E-state index in [0.29, 0.717) is 17.0 Å². The number of nitrogens with one attached hydrogen (secondary N) is 2. The van der Waals surface area contributed by atoms with E-state index in [1.807, 2.05) is 31.2 Å². The van der Waals surface area contributed by atoms with E-state index in [4.69, 9.17) is 0 Å². The van der Waals surface area contributed by atoms with Crippen molar-refractivity contribution in [1.29, 1.82) is 0 Å². The largest absolute Gasteiger partial charge is 0.348 e. The van der Waals surface area contributed by atoms with E-state index >= 15 is 0 Å². The number of thioether (sulfide) groups is 1. The van der Waals surface area contributed by atoms with Crippen molar-refractivity contribution in [3.63, 3.8) is 0 Å². The number of aryl methyl sites for hydroxylation is 1. The van der Waals surface area contributed by atoms with Crippen LogP contribution in [0.5, 0.6) is 0 Å². The number of hydrogen-bond acceptors (Lipinski definition) is 4. The lowest BCUT2D eigenvalue weighted by molar-refractivity contribution is -0.115. The number of benzene rings is 2. The minimum absolute atomic E-state index is 0.164. The van der Waals surface area contributed by atoms with Crippen LogP contribution in [0.3, 0.4) is 0 Å². The monoisotopic (exact) mass is 352 g/mol. The molecular formula is C19H16N2O3S. The molecule has 0 aliphatic carbocycles. The van der Waals surface area contributed by atoms with E-state index in [1.165, 1.54) is 5.56 Å². The predicted molar refractivity (Wildman–Crippen MR) is 97.9 cm³/mol. The molecule has 6 heteroatoms. The summed E-state index contributed by atoms with van der Waals surface area (Å²) in [5.41, 5.74) is 3.50. The van der Waals surface area contributed by atoms with Crippen molar-refractivity contribution in [2.75, 3.05) is 0 Å². The summed E-state index contributed by atoms with van der Waals surface area (Å²) in [4.78, 5) is 35.2. The molecule has 0 atom stereocenters. The molecule has 1 fully saturated rings. The van der Waals surface area contributed by atoms with Crippen LogP contribution < -0.4 is 10.6 Å². The van der Waals surface area contributed by atoms with Gasteiger partial charge in [-0.3, -0.25) is 19.7 Å². The number of rotatable bonds is 4. The standard InChI is InChI=1S/C19H16N2O3S/c1-12-2-4-14(5-3-12)11-20-17(22)15-8-6-13(7-9-15)10-16-18(23)21-19(24)25-16/h2-10H,11H2,1H3,(H,20,22)(H,21,23,24). The van der Waals surface area contributed by atoms with Crippen molar-refractivity contribution in [3.05, 3.63) is 75.7 Å².